The zero-order valence-corrected chi connectivity index (χ0v) is 17.4. The number of benzene rings is 1. The van der Waals surface area contributed by atoms with Crippen LogP contribution in [0.5, 0.6) is 0 Å². The Morgan fingerprint density at radius 1 is 1.21 bits per heavy atom. The average Bonchev–Trinajstić information content (AvgIpc) is 3.22. The van der Waals surface area contributed by atoms with Gasteiger partial charge in [0.05, 0.1) is 16.3 Å². The molecule has 0 aliphatic heterocycles. The molecule has 1 aromatic carbocycles. The van der Waals surface area contributed by atoms with E-state index in [1.807, 2.05) is 31.4 Å². The second-order valence-electron chi connectivity index (χ2n) is 7.05. The van der Waals surface area contributed by atoms with E-state index in [0.29, 0.717) is 5.82 Å². The molecule has 28 heavy (non-hydrogen) atoms. The molecule has 0 spiro atoms. The largest absolute Gasteiger partial charge is 0.346 e. The lowest BCUT2D eigenvalue weighted by molar-refractivity contribution is 0.547. The normalized spacial score (nSPS) is 14.5. The maximum absolute atomic E-state index is 12.8. The van der Waals surface area contributed by atoms with Gasteiger partial charge in [-0.3, -0.25) is 4.57 Å². The third kappa shape index (κ3) is 3.69. The van der Waals surface area contributed by atoms with Crippen molar-refractivity contribution in [3.63, 3.8) is 0 Å². The predicted octanol–water partition coefficient (Wildman–Crippen LogP) is 2.70. The van der Waals surface area contributed by atoms with Crippen molar-refractivity contribution in [2.45, 2.75) is 44.2 Å². The van der Waals surface area contributed by atoms with Crippen molar-refractivity contribution in [2.24, 2.45) is 0 Å². The smallest absolute Gasteiger partial charge is 0.271 e. The van der Waals surface area contributed by atoms with Gasteiger partial charge in [-0.2, -0.15) is 0 Å². The lowest BCUT2D eigenvalue weighted by atomic mass is 10.1. The third-order valence-electron chi connectivity index (χ3n) is 4.93. The molecule has 0 unspecified atom stereocenters. The van der Waals surface area contributed by atoms with Crippen LogP contribution < -0.4 is 10.4 Å². The minimum atomic E-state index is -3.63. The van der Waals surface area contributed by atoms with Crippen molar-refractivity contribution in [1.82, 2.24) is 19.1 Å². The molecule has 1 fully saturated rings. The predicted molar refractivity (Wildman–Crippen MR) is 109 cm³/mol. The zero-order valence-electron chi connectivity index (χ0n) is 15.8. The van der Waals surface area contributed by atoms with Crippen LogP contribution in [0.25, 0.3) is 10.7 Å². The number of nitrogens with one attached hydrogen (secondary N) is 1. The molecule has 7 nitrogen and oxygen atoms in total. The Balaban J connectivity index is 1.52. The van der Waals surface area contributed by atoms with E-state index in [0.717, 1.165) is 28.8 Å². The molecule has 148 valence electrons. The monoisotopic (exact) mass is 418 g/mol. The molecule has 1 aliphatic carbocycles. The Hall–Kier alpha value is -2.23. The van der Waals surface area contributed by atoms with Gasteiger partial charge in [0.25, 0.3) is 0 Å². The van der Waals surface area contributed by atoms with Gasteiger partial charge in [0.15, 0.2) is 5.82 Å². The second kappa shape index (κ2) is 7.31. The first-order valence-electron chi connectivity index (χ1n) is 9.17. The Bertz CT molecular complexity index is 1160. The van der Waals surface area contributed by atoms with Gasteiger partial charge in [-0.05, 0) is 61.4 Å². The number of sulfonamides is 1. The van der Waals surface area contributed by atoms with Crippen molar-refractivity contribution in [1.29, 1.82) is 0 Å². The van der Waals surface area contributed by atoms with Crippen LogP contribution in [0.1, 0.15) is 30.0 Å². The molecule has 4 rings (SSSR count). The molecule has 1 aliphatic rings. The van der Waals surface area contributed by atoms with Gasteiger partial charge in [-0.25, -0.2) is 22.6 Å². The summed E-state index contributed by atoms with van der Waals surface area (Å²) >= 11 is 1.54. The van der Waals surface area contributed by atoms with Crippen LogP contribution in [-0.2, 0) is 16.6 Å². The van der Waals surface area contributed by atoms with E-state index in [-0.39, 0.29) is 29.7 Å². The average molecular weight is 419 g/mol. The molecular weight excluding hydrogens is 396 g/mol. The number of hydrogen-bond donors (Lipinski definition) is 1. The summed E-state index contributed by atoms with van der Waals surface area (Å²) in [6.07, 6.45) is 1.95. The Morgan fingerprint density at radius 3 is 2.64 bits per heavy atom. The highest BCUT2D eigenvalue weighted by Gasteiger charge is 2.30. The summed E-state index contributed by atoms with van der Waals surface area (Å²) in [5, 5.41) is 6.43. The number of aryl methyl sites for hydroxylation is 2. The van der Waals surface area contributed by atoms with E-state index in [1.54, 1.807) is 22.8 Å². The number of rotatable bonds is 7. The highest BCUT2D eigenvalue weighted by molar-refractivity contribution is 7.89. The lowest BCUT2D eigenvalue weighted by Crippen LogP contribution is -2.32. The molecule has 0 radical (unpaired) electrons. The van der Waals surface area contributed by atoms with E-state index in [2.05, 4.69) is 9.82 Å². The van der Waals surface area contributed by atoms with Crippen molar-refractivity contribution in [2.75, 3.05) is 6.54 Å². The standard InChI is InChI=1S/C19H22N4O3S2/c1-13-5-8-16(12-14(13)2)28(25,26)20-9-10-22-19(24)23(15-6-7-15)18(21-22)17-4-3-11-27-17/h3-5,8,11-12,15,20H,6-7,9-10H2,1-2H3. The maximum atomic E-state index is 12.8. The van der Waals surface area contributed by atoms with Crippen LogP contribution in [0.4, 0.5) is 0 Å². The van der Waals surface area contributed by atoms with Crippen molar-refractivity contribution >= 4 is 21.4 Å². The van der Waals surface area contributed by atoms with Gasteiger partial charge in [-0.15, -0.1) is 16.4 Å². The first-order valence-corrected chi connectivity index (χ1v) is 11.5. The summed E-state index contributed by atoms with van der Waals surface area (Å²) in [6, 6.07) is 9.11. The topological polar surface area (TPSA) is 86.0 Å². The maximum Gasteiger partial charge on any atom is 0.346 e. The van der Waals surface area contributed by atoms with Gasteiger partial charge in [0.2, 0.25) is 10.0 Å². The van der Waals surface area contributed by atoms with Gasteiger partial charge in [-0.1, -0.05) is 12.1 Å². The van der Waals surface area contributed by atoms with E-state index < -0.39 is 10.0 Å². The molecule has 9 heteroatoms. The van der Waals surface area contributed by atoms with Crippen LogP contribution >= 0.6 is 11.3 Å². The Morgan fingerprint density at radius 2 is 2.00 bits per heavy atom. The summed E-state index contributed by atoms with van der Waals surface area (Å²) < 4.78 is 30.7. The van der Waals surface area contributed by atoms with Crippen LogP contribution in [0.15, 0.2) is 45.4 Å². The van der Waals surface area contributed by atoms with Gasteiger partial charge < -0.3 is 0 Å². The third-order valence-corrected chi connectivity index (χ3v) is 7.25. The number of thiophene rings is 1. The van der Waals surface area contributed by atoms with E-state index in [4.69, 9.17) is 0 Å². The molecule has 2 heterocycles. The summed E-state index contributed by atoms with van der Waals surface area (Å²) in [6.45, 7) is 4.10. The van der Waals surface area contributed by atoms with Gasteiger partial charge in [0.1, 0.15) is 0 Å². The van der Waals surface area contributed by atoms with Crippen LogP contribution in [0, 0.1) is 13.8 Å². The first kappa shape index (κ1) is 19.1. The lowest BCUT2D eigenvalue weighted by Gasteiger charge is -2.08. The Labute approximate surface area is 167 Å². The van der Waals surface area contributed by atoms with E-state index in [1.165, 1.54) is 16.0 Å². The molecule has 0 amide bonds. The molecule has 3 aromatic rings. The minimum absolute atomic E-state index is 0.0979. The number of hydrogen-bond acceptors (Lipinski definition) is 5. The van der Waals surface area contributed by atoms with Crippen LogP contribution in [0.2, 0.25) is 0 Å². The molecule has 1 N–H and O–H groups in total. The van der Waals surface area contributed by atoms with Crippen LogP contribution in [-0.4, -0.2) is 29.3 Å². The highest BCUT2D eigenvalue weighted by Crippen LogP contribution is 2.37. The molecule has 0 atom stereocenters. The highest BCUT2D eigenvalue weighted by atomic mass is 32.2. The first-order chi connectivity index (χ1) is 13.4. The molecule has 0 bridgehead atoms. The van der Waals surface area contributed by atoms with Crippen molar-refractivity contribution in [3.05, 3.63) is 57.3 Å². The summed E-state index contributed by atoms with van der Waals surface area (Å²) in [7, 11) is -3.63. The van der Waals surface area contributed by atoms with E-state index >= 15 is 0 Å². The summed E-state index contributed by atoms with van der Waals surface area (Å²) in [5.41, 5.74) is 1.77. The van der Waals surface area contributed by atoms with E-state index in [9.17, 15) is 13.2 Å². The second-order valence-corrected chi connectivity index (χ2v) is 9.77. The SMILES string of the molecule is Cc1ccc(S(=O)(=O)NCCn2nc(-c3cccs3)n(C3CC3)c2=O)cc1C. The molecular formula is C19H22N4O3S2. The fourth-order valence-electron chi connectivity index (χ4n) is 3.05. The van der Waals surface area contributed by atoms with Crippen molar-refractivity contribution < 1.29 is 8.42 Å². The molecule has 2 aromatic heterocycles. The van der Waals surface area contributed by atoms with Gasteiger partial charge in [0, 0.05) is 12.6 Å². The molecule has 1 saturated carbocycles. The fraction of sp³-hybridized carbons (Fsp3) is 0.368. The molecule has 0 saturated heterocycles. The number of nitrogens with zero attached hydrogens (tertiary/aromatic N) is 3. The summed E-state index contributed by atoms with van der Waals surface area (Å²) in [4.78, 5) is 13.9. The number of aromatic nitrogens is 3. The Kier molecular flexibility index (Phi) is 4.98. The van der Waals surface area contributed by atoms with Crippen LogP contribution in [0.3, 0.4) is 0 Å². The van der Waals surface area contributed by atoms with Crippen molar-refractivity contribution in [3.8, 4) is 10.7 Å². The zero-order chi connectivity index (χ0) is 19.9. The summed E-state index contributed by atoms with van der Waals surface area (Å²) in [5.74, 6) is 0.666. The quantitative estimate of drug-likeness (QED) is 0.639. The minimum Gasteiger partial charge on any atom is -0.271 e. The fourth-order valence-corrected chi connectivity index (χ4v) is 4.86. The van der Waals surface area contributed by atoms with Gasteiger partial charge >= 0.3 is 5.69 Å².